The molecule has 0 radical (unpaired) electrons. The van der Waals surface area contributed by atoms with E-state index in [0.717, 1.165) is 17.8 Å². The van der Waals surface area contributed by atoms with Crippen LogP contribution in [-0.4, -0.2) is 72.4 Å². The lowest BCUT2D eigenvalue weighted by atomic mass is 9.86. The molecule has 1 fully saturated rings. The number of alkyl carbamates (subject to hydrolysis) is 1. The van der Waals surface area contributed by atoms with Gasteiger partial charge in [0.05, 0.1) is 16.3 Å². The number of aromatic nitrogens is 2. The largest absolute Gasteiger partial charge is 0.416 e. The number of amides is 2. The Kier molecular flexibility index (Phi) is 9.45. The molecule has 2 aromatic rings. The molecule has 14 heteroatoms. The zero-order valence-electron chi connectivity index (χ0n) is 24.3. The van der Waals surface area contributed by atoms with Crippen LogP contribution < -0.4 is 5.32 Å². The van der Waals surface area contributed by atoms with Gasteiger partial charge in [-0.15, -0.1) is 0 Å². The van der Waals surface area contributed by atoms with E-state index in [1.807, 2.05) is 0 Å². The number of carbonyl (C=O) groups excluding carboxylic acids is 2. The van der Waals surface area contributed by atoms with Gasteiger partial charge in [-0.1, -0.05) is 31.2 Å². The standard InChI is InChI=1S/C28H34ClF2N5O4SSi/c1-27(19-11-17(14-33-23(19)31)12-20(30)21-8-7-18(29)15-32-21)22-13-28(22,24(37)36(2)3)41-26(35-27)40-25(38)34-16-39-9-10-42(4,5)6/h7-8,11-12,14-15,22H,9-10,13,16H2,1-6H3,(H,34,38)/b20-12-/t22-,27+,28-/m0/s1. The first-order valence-corrected chi connectivity index (χ1v) is 18.2. The van der Waals surface area contributed by atoms with Gasteiger partial charge >= 0.3 is 6.09 Å². The van der Waals surface area contributed by atoms with Crippen LogP contribution in [0.25, 0.3) is 11.9 Å². The lowest BCUT2D eigenvalue weighted by Gasteiger charge is -2.34. The Morgan fingerprint density at radius 3 is 2.64 bits per heavy atom. The molecule has 3 atom stereocenters. The molecule has 42 heavy (non-hydrogen) atoms. The summed E-state index contributed by atoms with van der Waals surface area (Å²) in [6, 6.07) is 5.31. The molecular formula is C28H34ClF2N5O4SSi. The van der Waals surface area contributed by atoms with Crippen molar-refractivity contribution in [2.24, 2.45) is 10.9 Å². The third-order valence-electron chi connectivity index (χ3n) is 7.12. The average Bonchev–Trinajstić information content (AvgIpc) is 3.65. The first kappa shape index (κ1) is 32.0. The molecule has 0 aromatic carbocycles. The molecule has 0 saturated heterocycles. The van der Waals surface area contributed by atoms with Crippen molar-refractivity contribution in [2.75, 3.05) is 27.4 Å². The summed E-state index contributed by atoms with van der Waals surface area (Å²) in [6.45, 7) is 8.79. The van der Waals surface area contributed by atoms with Crippen molar-refractivity contribution in [2.45, 2.75) is 49.3 Å². The number of carbonyl (C=O) groups is 2. The van der Waals surface area contributed by atoms with Gasteiger partial charge in [-0.3, -0.25) is 15.1 Å². The van der Waals surface area contributed by atoms with E-state index < -0.39 is 42.1 Å². The number of thioether (sulfide) groups is 1. The van der Waals surface area contributed by atoms with Crippen molar-refractivity contribution in [3.05, 3.63) is 58.4 Å². The minimum atomic E-state index is -1.34. The van der Waals surface area contributed by atoms with E-state index in [-0.39, 0.29) is 34.7 Å². The number of halogens is 3. The number of fused-ring (bicyclic) bond motifs is 1. The molecule has 0 bridgehead atoms. The summed E-state index contributed by atoms with van der Waals surface area (Å²) in [5.74, 6) is -2.13. The van der Waals surface area contributed by atoms with Crippen LogP contribution in [0.5, 0.6) is 0 Å². The van der Waals surface area contributed by atoms with Crippen LogP contribution in [0, 0.1) is 11.9 Å². The van der Waals surface area contributed by atoms with Crippen LogP contribution in [0.4, 0.5) is 13.6 Å². The maximum atomic E-state index is 15.3. The molecule has 9 nitrogen and oxygen atoms in total. The Hall–Kier alpha value is -2.87. The maximum absolute atomic E-state index is 15.3. The Bertz CT molecular complexity index is 1420. The molecule has 3 heterocycles. The quantitative estimate of drug-likeness (QED) is 0.157. The summed E-state index contributed by atoms with van der Waals surface area (Å²) in [5, 5.41) is 2.81. The molecule has 2 amide bonds. The average molecular weight is 638 g/mol. The first-order chi connectivity index (χ1) is 19.6. The number of nitrogens with one attached hydrogen (secondary N) is 1. The SMILES string of the molecule is CN(C)C(=O)[C@]12C[C@H]1[C@@](C)(c1cc(/C=C(\F)c3ccc(Cl)cn3)cnc1F)N=C(OC(=O)NCOCC[Si](C)(C)C)S2. The number of pyridine rings is 2. The highest BCUT2D eigenvalue weighted by Crippen LogP contribution is 2.67. The van der Waals surface area contributed by atoms with Crippen LogP contribution in [-0.2, 0) is 19.8 Å². The molecule has 2 aliphatic rings. The van der Waals surface area contributed by atoms with Crippen molar-refractivity contribution in [1.82, 2.24) is 20.2 Å². The van der Waals surface area contributed by atoms with Gasteiger partial charge in [-0.05, 0) is 61.0 Å². The van der Waals surface area contributed by atoms with Gasteiger partial charge < -0.3 is 14.4 Å². The first-order valence-electron chi connectivity index (χ1n) is 13.3. The minimum absolute atomic E-state index is 0.0445. The predicted octanol–water partition coefficient (Wildman–Crippen LogP) is 5.94. The van der Waals surface area contributed by atoms with Crippen molar-refractivity contribution in [3.63, 3.8) is 0 Å². The van der Waals surface area contributed by atoms with Gasteiger partial charge in [0.1, 0.15) is 17.3 Å². The Balaban J connectivity index is 1.61. The number of nitrogens with zero attached hydrogens (tertiary/aromatic N) is 4. The molecule has 2 aromatic heterocycles. The summed E-state index contributed by atoms with van der Waals surface area (Å²) in [5.41, 5.74) is -0.984. The fourth-order valence-corrected chi connectivity index (χ4v) is 7.14. The fourth-order valence-electron chi connectivity index (χ4n) is 4.72. The third kappa shape index (κ3) is 7.18. The molecular weight excluding hydrogens is 604 g/mol. The molecule has 1 aliphatic carbocycles. The number of ether oxygens (including phenoxy) is 2. The number of aliphatic imine (C=N–C) groups is 1. The molecule has 0 spiro atoms. The topological polar surface area (TPSA) is 106 Å². The number of hydrogen-bond acceptors (Lipinski definition) is 8. The van der Waals surface area contributed by atoms with Crippen LogP contribution in [0.15, 0.2) is 35.6 Å². The third-order valence-corrected chi connectivity index (χ3v) is 10.4. The van der Waals surface area contributed by atoms with Crippen LogP contribution in [0.1, 0.15) is 30.2 Å². The maximum Gasteiger partial charge on any atom is 0.416 e. The van der Waals surface area contributed by atoms with Gasteiger partial charge in [0.2, 0.25) is 11.9 Å². The lowest BCUT2D eigenvalue weighted by molar-refractivity contribution is -0.129. The Morgan fingerprint density at radius 2 is 2.00 bits per heavy atom. The van der Waals surface area contributed by atoms with Crippen LogP contribution >= 0.6 is 23.4 Å². The number of hydrogen-bond donors (Lipinski definition) is 1. The molecule has 1 N–H and O–H groups in total. The van der Waals surface area contributed by atoms with Crippen molar-refractivity contribution in [1.29, 1.82) is 0 Å². The van der Waals surface area contributed by atoms with E-state index in [0.29, 0.717) is 18.1 Å². The number of rotatable bonds is 9. The molecule has 226 valence electrons. The van der Waals surface area contributed by atoms with Gasteiger partial charge in [-0.2, -0.15) is 4.39 Å². The summed E-state index contributed by atoms with van der Waals surface area (Å²) in [7, 11) is 1.97. The highest BCUT2D eigenvalue weighted by molar-refractivity contribution is 8.15. The second-order valence-electron chi connectivity index (χ2n) is 11.9. The second-order valence-corrected chi connectivity index (χ2v) is 19.2. The van der Waals surface area contributed by atoms with E-state index in [1.54, 1.807) is 21.0 Å². The monoisotopic (exact) mass is 637 g/mol. The summed E-state index contributed by atoms with van der Waals surface area (Å²) in [6.07, 6.45) is 3.24. The van der Waals surface area contributed by atoms with Gasteiger partial charge in [0.15, 0.2) is 0 Å². The second kappa shape index (κ2) is 12.4. The van der Waals surface area contributed by atoms with Gasteiger partial charge in [0, 0.05) is 52.7 Å². The van der Waals surface area contributed by atoms with Crippen LogP contribution in [0.3, 0.4) is 0 Å². The highest BCUT2D eigenvalue weighted by atomic mass is 35.5. The smallest absolute Gasteiger partial charge is 0.385 e. The van der Waals surface area contributed by atoms with Crippen LogP contribution in [0.2, 0.25) is 30.7 Å². The van der Waals surface area contributed by atoms with E-state index in [2.05, 4.69) is 39.9 Å². The zero-order chi connectivity index (χ0) is 30.9. The molecule has 4 rings (SSSR count). The van der Waals surface area contributed by atoms with Gasteiger partial charge in [0.25, 0.3) is 5.23 Å². The molecule has 1 saturated carbocycles. The normalized spacial score (nSPS) is 23.5. The zero-order valence-corrected chi connectivity index (χ0v) is 26.9. The summed E-state index contributed by atoms with van der Waals surface area (Å²) < 4.78 is 40.3. The molecule has 0 unspecified atom stereocenters. The highest BCUT2D eigenvalue weighted by Gasteiger charge is 2.72. The van der Waals surface area contributed by atoms with E-state index in [9.17, 15) is 14.0 Å². The van der Waals surface area contributed by atoms with E-state index in [4.69, 9.17) is 21.1 Å². The van der Waals surface area contributed by atoms with Crippen molar-refractivity contribution >= 4 is 60.6 Å². The Morgan fingerprint density at radius 1 is 1.26 bits per heavy atom. The van der Waals surface area contributed by atoms with E-state index in [1.165, 1.54) is 41.6 Å². The van der Waals surface area contributed by atoms with Crippen molar-refractivity contribution in [3.8, 4) is 0 Å². The van der Waals surface area contributed by atoms with Crippen molar-refractivity contribution < 1.29 is 27.8 Å². The molecule has 1 aliphatic heterocycles. The predicted molar refractivity (Wildman–Crippen MR) is 163 cm³/mol. The van der Waals surface area contributed by atoms with Gasteiger partial charge in [-0.25, -0.2) is 19.2 Å². The summed E-state index contributed by atoms with van der Waals surface area (Å²) >= 11 is 6.89. The minimum Gasteiger partial charge on any atom is -0.385 e. The van der Waals surface area contributed by atoms with E-state index >= 15 is 4.39 Å². The Labute approximate surface area is 254 Å². The fraction of sp³-hybridized carbons (Fsp3) is 0.464. The summed E-state index contributed by atoms with van der Waals surface area (Å²) in [4.78, 5) is 39.8. The lowest BCUT2D eigenvalue weighted by Crippen LogP contribution is -2.43.